The molecule has 4 aromatic rings. The summed E-state index contributed by atoms with van der Waals surface area (Å²) >= 11 is 0. The second-order valence-corrected chi connectivity index (χ2v) is 9.27. The van der Waals surface area contributed by atoms with E-state index in [1.807, 2.05) is 54.7 Å². The van der Waals surface area contributed by atoms with Crippen LogP contribution in [0.4, 0.5) is 20.4 Å². The molecule has 2 aliphatic rings. The van der Waals surface area contributed by atoms with Crippen molar-refractivity contribution in [2.75, 3.05) is 18.4 Å². The van der Waals surface area contributed by atoms with Gasteiger partial charge in [0.1, 0.15) is 0 Å². The molecule has 178 valence electrons. The normalized spacial score (nSPS) is 17.2. The Kier molecular flexibility index (Phi) is 5.21. The van der Waals surface area contributed by atoms with Crippen molar-refractivity contribution in [2.45, 2.75) is 31.4 Å². The Bertz CT molecular complexity index is 1370. The minimum absolute atomic E-state index is 0.0524. The number of rotatable bonds is 7. The number of hydrogen-bond donors (Lipinski definition) is 2. The monoisotopic (exact) mass is 474 g/mol. The second kappa shape index (κ2) is 8.42. The molecule has 1 saturated carbocycles. The molecule has 2 aromatic heterocycles. The highest BCUT2D eigenvalue weighted by Gasteiger charge is 2.43. The first kappa shape index (κ1) is 21.7. The Hall–Kier alpha value is -3.85. The molecule has 9 heteroatoms. The van der Waals surface area contributed by atoms with Crippen LogP contribution in [0.2, 0.25) is 0 Å². The quantitative estimate of drug-likeness (QED) is 0.413. The standard InChI is InChI=1S/C26H24F2N6O/c27-26(28)15-33(16-26)14-17-3-5-18(6-4-17)22-2-1-13-34-23(22)31-25(32-34)30-21-9-7-19(8-10-21)24(35)29-20-11-12-20/h1-10,13,20H,11-12,14-16H2,(H,29,35)(H,30,32). The van der Waals surface area contributed by atoms with Crippen LogP contribution in [-0.4, -0.2) is 50.5 Å². The maximum absolute atomic E-state index is 13.1. The van der Waals surface area contributed by atoms with Crippen LogP contribution in [0.25, 0.3) is 16.8 Å². The summed E-state index contributed by atoms with van der Waals surface area (Å²) in [4.78, 5) is 18.6. The Labute approximate surface area is 200 Å². The van der Waals surface area contributed by atoms with Crippen molar-refractivity contribution < 1.29 is 13.6 Å². The summed E-state index contributed by atoms with van der Waals surface area (Å²) in [7, 11) is 0. The first-order chi connectivity index (χ1) is 16.9. The van der Waals surface area contributed by atoms with Gasteiger partial charge in [-0.1, -0.05) is 24.3 Å². The average molecular weight is 475 g/mol. The molecular weight excluding hydrogens is 450 g/mol. The van der Waals surface area contributed by atoms with E-state index < -0.39 is 5.92 Å². The summed E-state index contributed by atoms with van der Waals surface area (Å²) in [5, 5.41) is 10.7. The molecule has 0 atom stereocenters. The summed E-state index contributed by atoms with van der Waals surface area (Å²) in [6.07, 6.45) is 3.94. The van der Waals surface area contributed by atoms with E-state index in [9.17, 15) is 13.6 Å². The van der Waals surface area contributed by atoms with Gasteiger partial charge in [0.15, 0.2) is 5.65 Å². The molecule has 35 heavy (non-hydrogen) atoms. The molecule has 3 heterocycles. The van der Waals surface area contributed by atoms with Gasteiger partial charge in [-0.05, 0) is 60.4 Å². The van der Waals surface area contributed by atoms with Crippen LogP contribution in [0.5, 0.6) is 0 Å². The van der Waals surface area contributed by atoms with Crippen molar-refractivity contribution in [1.82, 2.24) is 24.8 Å². The smallest absolute Gasteiger partial charge is 0.272 e. The molecule has 1 saturated heterocycles. The highest BCUT2D eigenvalue weighted by atomic mass is 19.3. The number of nitrogens with zero attached hydrogens (tertiary/aromatic N) is 4. The molecule has 0 spiro atoms. The second-order valence-electron chi connectivity index (χ2n) is 9.27. The molecule has 1 amide bonds. The minimum Gasteiger partial charge on any atom is -0.349 e. The number of nitrogens with one attached hydrogen (secondary N) is 2. The molecule has 7 nitrogen and oxygen atoms in total. The van der Waals surface area contributed by atoms with Gasteiger partial charge in [0.25, 0.3) is 11.8 Å². The van der Waals surface area contributed by atoms with Gasteiger partial charge in [-0.2, -0.15) is 4.98 Å². The van der Waals surface area contributed by atoms with Crippen LogP contribution >= 0.6 is 0 Å². The number of carbonyl (C=O) groups excluding carboxylic acids is 1. The first-order valence-electron chi connectivity index (χ1n) is 11.6. The lowest BCUT2D eigenvalue weighted by Gasteiger charge is -2.38. The van der Waals surface area contributed by atoms with E-state index in [1.54, 1.807) is 21.5 Å². The van der Waals surface area contributed by atoms with E-state index in [0.29, 0.717) is 29.7 Å². The van der Waals surface area contributed by atoms with Gasteiger partial charge in [-0.25, -0.2) is 13.3 Å². The van der Waals surface area contributed by atoms with Crippen molar-refractivity contribution >= 4 is 23.2 Å². The van der Waals surface area contributed by atoms with Crippen LogP contribution < -0.4 is 10.6 Å². The number of pyridine rings is 1. The zero-order valence-corrected chi connectivity index (χ0v) is 18.9. The number of likely N-dealkylation sites (tertiary alicyclic amines) is 1. The Morgan fingerprint density at radius 1 is 1.03 bits per heavy atom. The van der Waals surface area contributed by atoms with Crippen molar-refractivity contribution in [3.63, 3.8) is 0 Å². The number of anilines is 2. The predicted molar refractivity (Wildman–Crippen MR) is 129 cm³/mol. The van der Waals surface area contributed by atoms with Crippen LogP contribution in [0, 0.1) is 0 Å². The van der Waals surface area contributed by atoms with Gasteiger partial charge in [0.2, 0.25) is 5.95 Å². The average Bonchev–Trinajstić information content (AvgIpc) is 3.54. The minimum atomic E-state index is -2.55. The van der Waals surface area contributed by atoms with Crippen molar-refractivity contribution in [3.8, 4) is 11.1 Å². The summed E-state index contributed by atoms with van der Waals surface area (Å²) < 4.78 is 27.9. The van der Waals surface area contributed by atoms with Crippen LogP contribution in [0.15, 0.2) is 66.9 Å². The van der Waals surface area contributed by atoms with E-state index >= 15 is 0 Å². The third-order valence-electron chi connectivity index (χ3n) is 6.26. The van der Waals surface area contributed by atoms with Gasteiger partial charge in [0.05, 0.1) is 13.1 Å². The zero-order valence-electron chi connectivity index (χ0n) is 18.9. The van der Waals surface area contributed by atoms with E-state index in [2.05, 4.69) is 20.7 Å². The summed E-state index contributed by atoms with van der Waals surface area (Å²) in [5.74, 6) is -2.16. The fourth-order valence-corrected chi connectivity index (χ4v) is 4.28. The number of carbonyl (C=O) groups is 1. The molecule has 1 aliphatic heterocycles. The predicted octanol–water partition coefficient (Wildman–Crippen LogP) is 4.48. The topological polar surface area (TPSA) is 74.6 Å². The van der Waals surface area contributed by atoms with Crippen LogP contribution in [-0.2, 0) is 6.54 Å². The maximum Gasteiger partial charge on any atom is 0.272 e. The number of fused-ring (bicyclic) bond motifs is 1. The molecule has 0 radical (unpaired) electrons. The Balaban J connectivity index is 1.17. The number of amides is 1. The van der Waals surface area contributed by atoms with Crippen molar-refractivity contribution in [2.24, 2.45) is 0 Å². The molecule has 6 rings (SSSR count). The third kappa shape index (κ3) is 4.72. The van der Waals surface area contributed by atoms with Gasteiger partial charge in [-0.3, -0.25) is 9.69 Å². The molecule has 2 N–H and O–H groups in total. The first-order valence-corrected chi connectivity index (χ1v) is 11.6. The van der Waals surface area contributed by atoms with E-state index in [1.165, 1.54) is 0 Å². The number of benzene rings is 2. The fraction of sp³-hybridized carbons (Fsp3) is 0.269. The molecular formula is C26H24F2N6O. The van der Waals surface area contributed by atoms with Gasteiger partial charge in [-0.15, -0.1) is 5.10 Å². The Morgan fingerprint density at radius 3 is 2.46 bits per heavy atom. The van der Waals surface area contributed by atoms with E-state index in [0.717, 1.165) is 35.2 Å². The maximum atomic E-state index is 13.1. The Morgan fingerprint density at radius 2 is 1.77 bits per heavy atom. The molecule has 0 bridgehead atoms. The lowest BCUT2D eigenvalue weighted by Crippen LogP contribution is -2.55. The third-order valence-corrected chi connectivity index (χ3v) is 6.26. The van der Waals surface area contributed by atoms with Crippen molar-refractivity contribution in [3.05, 3.63) is 78.0 Å². The summed E-state index contributed by atoms with van der Waals surface area (Å²) in [6.45, 7) is 0.153. The number of hydrogen-bond acceptors (Lipinski definition) is 5. The number of halogens is 2. The van der Waals surface area contributed by atoms with Gasteiger partial charge >= 0.3 is 0 Å². The largest absolute Gasteiger partial charge is 0.349 e. The summed E-state index contributed by atoms with van der Waals surface area (Å²) in [6, 6.07) is 19.3. The van der Waals surface area contributed by atoms with Crippen molar-refractivity contribution in [1.29, 1.82) is 0 Å². The SMILES string of the molecule is O=C(NC1CC1)c1ccc(Nc2nc3c(-c4ccc(CN5CC(F)(F)C5)cc4)cccn3n2)cc1. The van der Waals surface area contributed by atoms with E-state index in [4.69, 9.17) is 0 Å². The molecule has 2 fully saturated rings. The van der Waals surface area contributed by atoms with Crippen LogP contribution in [0.1, 0.15) is 28.8 Å². The van der Waals surface area contributed by atoms with Gasteiger partial charge < -0.3 is 10.6 Å². The molecule has 2 aromatic carbocycles. The molecule has 1 aliphatic carbocycles. The number of aromatic nitrogens is 3. The summed E-state index contributed by atoms with van der Waals surface area (Å²) in [5.41, 5.74) is 4.99. The fourth-order valence-electron chi connectivity index (χ4n) is 4.28. The zero-order chi connectivity index (χ0) is 24.0. The highest BCUT2D eigenvalue weighted by Crippen LogP contribution is 2.29. The highest BCUT2D eigenvalue weighted by molar-refractivity contribution is 5.95. The lowest BCUT2D eigenvalue weighted by atomic mass is 10.0. The van der Waals surface area contributed by atoms with E-state index in [-0.39, 0.29) is 19.0 Å². The lowest BCUT2D eigenvalue weighted by molar-refractivity contribution is -0.133. The number of alkyl halides is 2. The van der Waals surface area contributed by atoms with Crippen LogP contribution in [0.3, 0.4) is 0 Å². The van der Waals surface area contributed by atoms with Gasteiger partial charge in [0, 0.05) is 35.6 Å². The molecule has 0 unspecified atom stereocenters.